The van der Waals surface area contributed by atoms with Crippen LogP contribution in [-0.2, 0) is 28.7 Å². The van der Waals surface area contributed by atoms with E-state index < -0.39 is 6.09 Å². The standard InChI is InChI=1S/2C25H36FN3O2S/c1-17(2)31-23(30)28-19(4)25(12-11-21-9-10-22(26)32-21)13-14-29(16-25)24(5,6)20-8-7-18(3)27-15-20;1-17(2)29(23(30)31)19(4)25(12-11-21-9-10-22(26)32-21)13-14-28(16-25)24(5,6)20-8-7-18(3)27-15-20/h7-10,15,17,19H,11-14,16H2,1-6H3,(H,28,30);7-10,15,17,19H,11-14,16H2,1-6H3,(H,30,31)/t19-,25+;19-,25?/m00/s1. The van der Waals surface area contributed by atoms with Crippen LogP contribution in [0.15, 0.2) is 60.9 Å². The van der Waals surface area contributed by atoms with Crippen molar-refractivity contribution in [2.45, 2.75) is 157 Å². The number of likely N-dealkylation sites (tertiary alicyclic amines) is 2. The molecule has 6 rings (SSSR count). The number of aryl methyl sites for hydroxylation is 4. The molecule has 0 spiro atoms. The highest BCUT2D eigenvalue weighted by atomic mass is 32.1. The minimum absolute atomic E-state index is 0.0736. The summed E-state index contributed by atoms with van der Waals surface area (Å²) in [5.41, 5.74) is 3.59. The van der Waals surface area contributed by atoms with E-state index in [0.717, 1.165) is 91.4 Å². The molecule has 2 saturated heterocycles. The second kappa shape index (κ2) is 21.1. The van der Waals surface area contributed by atoms with Gasteiger partial charge in [-0.05, 0) is 182 Å². The van der Waals surface area contributed by atoms with Gasteiger partial charge in [-0.2, -0.15) is 8.78 Å². The quantitative estimate of drug-likeness (QED) is 0.114. The number of nitrogens with zero attached hydrogens (tertiary/aromatic N) is 5. The Balaban J connectivity index is 0.000000241. The van der Waals surface area contributed by atoms with Crippen molar-refractivity contribution in [3.8, 4) is 0 Å². The van der Waals surface area contributed by atoms with Gasteiger partial charge < -0.3 is 20.1 Å². The maximum atomic E-state index is 13.6. The zero-order chi connectivity index (χ0) is 47.2. The first-order chi connectivity index (χ1) is 30.0. The summed E-state index contributed by atoms with van der Waals surface area (Å²) in [6.45, 7) is 28.0. The molecular weight excluding hydrogens is 851 g/mol. The van der Waals surface area contributed by atoms with E-state index in [1.807, 2.05) is 79.1 Å². The molecule has 6 heterocycles. The molecule has 2 amide bonds. The average molecular weight is 923 g/mol. The number of alkyl carbamates (subject to hydrolysis) is 1. The number of amides is 2. The van der Waals surface area contributed by atoms with Gasteiger partial charge in [-0.3, -0.25) is 19.8 Å². The molecule has 14 heteroatoms. The van der Waals surface area contributed by atoms with Gasteiger partial charge in [-0.1, -0.05) is 12.1 Å². The maximum absolute atomic E-state index is 13.6. The van der Waals surface area contributed by atoms with Gasteiger partial charge in [0.1, 0.15) is 0 Å². The summed E-state index contributed by atoms with van der Waals surface area (Å²) in [6.07, 6.45) is 7.58. The van der Waals surface area contributed by atoms with Gasteiger partial charge in [0.2, 0.25) is 0 Å². The topological polar surface area (TPSA) is 111 Å². The van der Waals surface area contributed by atoms with Crippen molar-refractivity contribution in [3.05, 3.63) is 103 Å². The first kappa shape index (κ1) is 51.0. The van der Waals surface area contributed by atoms with E-state index >= 15 is 0 Å². The fourth-order valence-corrected chi connectivity index (χ4v) is 11.2. The number of halogens is 2. The largest absolute Gasteiger partial charge is 0.465 e. The molecule has 4 atom stereocenters. The molecule has 352 valence electrons. The highest BCUT2D eigenvalue weighted by Crippen LogP contribution is 2.47. The summed E-state index contributed by atoms with van der Waals surface area (Å²) in [5, 5.41) is 12.7. The van der Waals surface area contributed by atoms with Gasteiger partial charge in [-0.25, -0.2) is 9.59 Å². The van der Waals surface area contributed by atoms with Crippen molar-refractivity contribution in [1.29, 1.82) is 0 Å². The average Bonchev–Trinajstić information content (AvgIpc) is 4.04. The fraction of sp³-hybridized carbons (Fsp3) is 0.600. The number of pyridine rings is 2. The Morgan fingerprint density at radius 3 is 1.61 bits per heavy atom. The number of carbonyl (C=O) groups excluding carboxylic acids is 1. The summed E-state index contributed by atoms with van der Waals surface area (Å²) in [5.74, 6) is 0. The molecule has 2 aliphatic heterocycles. The Bertz CT molecular complexity index is 2140. The second-order valence-electron chi connectivity index (χ2n) is 19.8. The Kier molecular flexibility index (Phi) is 16.8. The van der Waals surface area contributed by atoms with Gasteiger partial charge in [0.15, 0.2) is 10.3 Å². The lowest BCUT2D eigenvalue weighted by Crippen LogP contribution is -2.53. The zero-order valence-corrected chi connectivity index (χ0v) is 41.8. The van der Waals surface area contributed by atoms with Crippen LogP contribution in [0.5, 0.6) is 0 Å². The van der Waals surface area contributed by atoms with Crippen LogP contribution >= 0.6 is 22.7 Å². The first-order valence-corrected chi connectivity index (χ1v) is 24.4. The van der Waals surface area contributed by atoms with Crippen LogP contribution in [0.3, 0.4) is 0 Å². The van der Waals surface area contributed by atoms with Crippen molar-refractivity contribution in [2.24, 2.45) is 10.8 Å². The molecule has 4 aromatic rings. The number of thiophene rings is 2. The summed E-state index contributed by atoms with van der Waals surface area (Å²) >= 11 is 2.40. The molecule has 0 aromatic carbocycles. The molecule has 2 N–H and O–H groups in total. The number of aromatic nitrogens is 2. The lowest BCUT2D eigenvalue weighted by atomic mass is 9.75. The number of nitrogens with one attached hydrogen (secondary N) is 1. The van der Waals surface area contributed by atoms with E-state index in [2.05, 4.69) is 77.9 Å². The van der Waals surface area contributed by atoms with E-state index in [-0.39, 0.29) is 62.5 Å². The second-order valence-corrected chi connectivity index (χ2v) is 22.0. The number of carboxylic acid groups (broad SMARTS) is 1. The van der Waals surface area contributed by atoms with Crippen molar-refractivity contribution >= 4 is 34.9 Å². The van der Waals surface area contributed by atoms with Crippen LogP contribution in [0.2, 0.25) is 0 Å². The Labute approximate surface area is 388 Å². The molecule has 0 bridgehead atoms. The van der Waals surface area contributed by atoms with E-state index in [1.54, 1.807) is 4.90 Å². The fourth-order valence-electron chi connectivity index (χ4n) is 9.72. The summed E-state index contributed by atoms with van der Waals surface area (Å²) in [6, 6.07) is 14.8. The van der Waals surface area contributed by atoms with Gasteiger partial charge in [0.05, 0.1) is 6.10 Å². The highest BCUT2D eigenvalue weighted by Gasteiger charge is 2.50. The molecule has 0 radical (unpaired) electrons. The summed E-state index contributed by atoms with van der Waals surface area (Å²) < 4.78 is 32.5. The minimum atomic E-state index is -0.880. The number of rotatable bonds is 16. The monoisotopic (exact) mass is 923 g/mol. The van der Waals surface area contributed by atoms with E-state index in [1.165, 1.54) is 40.4 Å². The molecule has 2 aliphatic rings. The lowest BCUT2D eigenvalue weighted by molar-refractivity contribution is 0.0386. The number of carbonyl (C=O) groups is 2. The van der Waals surface area contributed by atoms with Crippen LogP contribution in [0, 0.1) is 34.9 Å². The Hall–Kier alpha value is -3.98. The van der Waals surface area contributed by atoms with Crippen LogP contribution in [-0.4, -0.2) is 92.4 Å². The Morgan fingerprint density at radius 1 is 0.766 bits per heavy atom. The van der Waals surface area contributed by atoms with E-state index in [0.29, 0.717) is 0 Å². The van der Waals surface area contributed by atoms with Crippen molar-refractivity contribution in [3.63, 3.8) is 0 Å². The van der Waals surface area contributed by atoms with Gasteiger partial charge in [0.25, 0.3) is 0 Å². The Morgan fingerprint density at radius 2 is 1.22 bits per heavy atom. The molecular formula is C50H72F2N6O4S2. The SMILES string of the molecule is Cc1ccc(C(C)(C)N2CCC(CCc3ccc(F)s3)([C@H](C)N(C(=O)O)C(C)C)C2)cn1.Cc1ccc(C(C)(C)N2CC[C@@](CCc3ccc(F)s3)([C@H](C)NC(=O)OC(C)C)C2)cn1. The summed E-state index contributed by atoms with van der Waals surface area (Å²) in [4.78, 5) is 42.1. The maximum Gasteiger partial charge on any atom is 0.407 e. The number of hydrogen-bond donors (Lipinski definition) is 2. The van der Waals surface area contributed by atoms with Crippen molar-refractivity contribution in [2.75, 3.05) is 26.2 Å². The van der Waals surface area contributed by atoms with Crippen molar-refractivity contribution < 1.29 is 28.2 Å². The highest BCUT2D eigenvalue weighted by molar-refractivity contribution is 7.10. The van der Waals surface area contributed by atoms with Crippen LogP contribution in [0.4, 0.5) is 18.4 Å². The van der Waals surface area contributed by atoms with Crippen molar-refractivity contribution in [1.82, 2.24) is 30.0 Å². The lowest BCUT2D eigenvalue weighted by Gasteiger charge is -2.44. The van der Waals surface area contributed by atoms with Crippen LogP contribution < -0.4 is 5.32 Å². The first-order valence-electron chi connectivity index (χ1n) is 22.8. The molecule has 2 fully saturated rings. The summed E-state index contributed by atoms with van der Waals surface area (Å²) in [7, 11) is 0. The molecule has 64 heavy (non-hydrogen) atoms. The van der Waals surface area contributed by atoms with Crippen LogP contribution in [0.25, 0.3) is 0 Å². The zero-order valence-electron chi connectivity index (χ0n) is 40.1. The normalized spacial score (nSPS) is 20.6. The van der Waals surface area contributed by atoms with Crippen LogP contribution in [0.1, 0.15) is 127 Å². The smallest absolute Gasteiger partial charge is 0.407 e. The number of ether oxygens (including phenoxy) is 1. The van der Waals surface area contributed by atoms with E-state index in [4.69, 9.17) is 4.74 Å². The molecule has 0 saturated carbocycles. The molecule has 10 nitrogen and oxygen atoms in total. The molecule has 0 aliphatic carbocycles. The van der Waals surface area contributed by atoms with Gasteiger partial charge >= 0.3 is 12.2 Å². The molecule has 1 unspecified atom stereocenters. The predicted octanol–water partition coefficient (Wildman–Crippen LogP) is 11.6. The predicted molar refractivity (Wildman–Crippen MR) is 255 cm³/mol. The van der Waals surface area contributed by atoms with Gasteiger partial charge in [0, 0.05) is 86.7 Å². The van der Waals surface area contributed by atoms with Gasteiger partial charge in [-0.15, -0.1) is 22.7 Å². The minimum Gasteiger partial charge on any atom is -0.465 e. The third-order valence-electron chi connectivity index (χ3n) is 14.3. The third-order valence-corrected chi connectivity index (χ3v) is 16.1. The third kappa shape index (κ3) is 12.3. The van der Waals surface area contributed by atoms with E-state index in [9.17, 15) is 23.5 Å². The number of hydrogen-bond acceptors (Lipinski definition) is 9. The molecule has 4 aromatic heterocycles.